The van der Waals surface area contributed by atoms with Crippen LogP contribution in [0, 0.1) is 6.92 Å². The molecule has 0 aliphatic heterocycles. The van der Waals surface area contributed by atoms with E-state index in [-0.39, 0.29) is 0 Å². The standard InChI is InChI=1S/C10H8BrClS/c1-6-2-7(5-12)3-9-8(6)4-10(11)13-9/h2-4H,5H2,1H3. The fraction of sp³-hybridized carbons (Fsp3) is 0.200. The zero-order valence-corrected chi connectivity index (χ0v) is 10.3. The molecule has 0 amide bonds. The first-order valence-corrected chi connectivity index (χ1v) is 6.09. The predicted octanol–water partition coefficient (Wildman–Crippen LogP) is 4.71. The summed E-state index contributed by atoms with van der Waals surface area (Å²) in [6.07, 6.45) is 0. The van der Waals surface area contributed by atoms with E-state index in [0.29, 0.717) is 5.88 Å². The zero-order valence-electron chi connectivity index (χ0n) is 7.10. The fourth-order valence-corrected chi connectivity index (χ4v) is 3.27. The van der Waals surface area contributed by atoms with Crippen molar-refractivity contribution in [3.8, 4) is 0 Å². The molecule has 0 saturated heterocycles. The fourth-order valence-electron chi connectivity index (χ4n) is 1.43. The van der Waals surface area contributed by atoms with Crippen LogP contribution in [0.4, 0.5) is 0 Å². The first kappa shape index (κ1) is 9.50. The molecule has 0 bridgehead atoms. The van der Waals surface area contributed by atoms with Crippen LogP contribution in [0.2, 0.25) is 0 Å². The van der Waals surface area contributed by atoms with Gasteiger partial charge in [-0.2, -0.15) is 0 Å². The highest BCUT2D eigenvalue weighted by Crippen LogP contribution is 2.32. The molecule has 0 atom stereocenters. The molecule has 0 aliphatic carbocycles. The van der Waals surface area contributed by atoms with Crippen LogP contribution < -0.4 is 0 Å². The van der Waals surface area contributed by atoms with Crippen LogP contribution in [-0.4, -0.2) is 0 Å². The molecule has 1 aromatic carbocycles. The first-order valence-electron chi connectivity index (χ1n) is 3.95. The average molecular weight is 276 g/mol. The van der Waals surface area contributed by atoms with Crippen LogP contribution in [0.25, 0.3) is 10.1 Å². The van der Waals surface area contributed by atoms with E-state index in [1.807, 2.05) is 0 Å². The number of aryl methyl sites for hydroxylation is 1. The maximum atomic E-state index is 5.80. The molecule has 0 unspecified atom stereocenters. The van der Waals surface area contributed by atoms with Gasteiger partial charge in [0.2, 0.25) is 0 Å². The SMILES string of the molecule is Cc1cc(CCl)cc2sc(Br)cc12. The molecule has 68 valence electrons. The Morgan fingerprint density at radius 3 is 2.85 bits per heavy atom. The van der Waals surface area contributed by atoms with E-state index >= 15 is 0 Å². The van der Waals surface area contributed by atoms with E-state index in [1.54, 1.807) is 11.3 Å². The Bertz CT molecular complexity index is 447. The van der Waals surface area contributed by atoms with Gasteiger partial charge in [-0.05, 0) is 51.5 Å². The van der Waals surface area contributed by atoms with Crippen molar-refractivity contribution < 1.29 is 0 Å². The Hall–Kier alpha value is -0.0500. The molecule has 0 radical (unpaired) electrons. The molecule has 0 saturated carbocycles. The maximum absolute atomic E-state index is 5.80. The molecular weight excluding hydrogens is 268 g/mol. The number of alkyl halides is 1. The number of hydrogen-bond acceptors (Lipinski definition) is 1. The van der Waals surface area contributed by atoms with Crippen molar-refractivity contribution in [3.63, 3.8) is 0 Å². The van der Waals surface area contributed by atoms with Gasteiger partial charge in [0, 0.05) is 10.6 Å². The van der Waals surface area contributed by atoms with Crippen molar-refractivity contribution in [2.75, 3.05) is 0 Å². The van der Waals surface area contributed by atoms with Gasteiger partial charge in [-0.15, -0.1) is 22.9 Å². The summed E-state index contributed by atoms with van der Waals surface area (Å²) in [6, 6.07) is 6.46. The summed E-state index contributed by atoms with van der Waals surface area (Å²) in [5, 5.41) is 1.32. The topological polar surface area (TPSA) is 0 Å². The van der Waals surface area contributed by atoms with Crippen LogP contribution in [0.15, 0.2) is 22.0 Å². The molecule has 1 heterocycles. The minimum atomic E-state index is 0.590. The second-order valence-electron chi connectivity index (χ2n) is 3.01. The highest BCUT2D eigenvalue weighted by Gasteiger charge is 2.03. The van der Waals surface area contributed by atoms with E-state index in [4.69, 9.17) is 11.6 Å². The Morgan fingerprint density at radius 1 is 1.38 bits per heavy atom. The highest BCUT2D eigenvalue weighted by molar-refractivity contribution is 9.11. The zero-order chi connectivity index (χ0) is 9.42. The van der Waals surface area contributed by atoms with Gasteiger partial charge < -0.3 is 0 Å². The monoisotopic (exact) mass is 274 g/mol. The molecule has 0 N–H and O–H groups in total. The quantitative estimate of drug-likeness (QED) is 0.661. The number of rotatable bonds is 1. The minimum absolute atomic E-state index is 0.590. The lowest BCUT2D eigenvalue weighted by Gasteiger charge is -1.99. The molecule has 13 heavy (non-hydrogen) atoms. The van der Waals surface area contributed by atoms with Gasteiger partial charge >= 0.3 is 0 Å². The third kappa shape index (κ3) is 1.76. The van der Waals surface area contributed by atoms with Gasteiger partial charge in [0.05, 0.1) is 3.79 Å². The summed E-state index contributed by atoms with van der Waals surface area (Å²) in [5.41, 5.74) is 2.50. The smallest absolute Gasteiger partial charge is 0.0711 e. The van der Waals surface area contributed by atoms with Crippen LogP contribution in [-0.2, 0) is 5.88 Å². The lowest BCUT2D eigenvalue weighted by atomic mass is 10.1. The Kier molecular flexibility index (Phi) is 2.63. The van der Waals surface area contributed by atoms with Crippen molar-refractivity contribution >= 4 is 49.0 Å². The van der Waals surface area contributed by atoms with Crippen molar-refractivity contribution in [1.29, 1.82) is 0 Å². The molecule has 1 aromatic heterocycles. The molecule has 2 aromatic rings. The highest BCUT2D eigenvalue weighted by atomic mass is 79.9. The summed E-state index contributed by atoms with van der Waals surface area (Å²) < 4.78 is 2.49. The van der Waals surface area contributed by atoms with E-state index in [9.17, 15) is 0 Å². The van der Waals surface area contributed by atoms with Crippen molar-refractivity contribution in [3.05, 3.63) is 33.1 Å². The van der Waals surface area contributed by atoms with Gasteiger partial charge in [0.1, 0.15) is 0 Å². The predicted molar refractivity (Wildman–Crippen MR) is 63.8 cm³/mol. The van der Waals surface area contributed by atoms with Crippen molar-refractivity contribution in [2.24, 2.45) is 0 Å². The van der Waals surface area contributed by atoms with Gasteiger partial charge in [-0.3, -0.25) is 0 Å². The second-order valence-corrected chi connectivity index (χ2v) is 5.74. The summed E-state index contributed by atoms with van der Waals surface area (Å²) in [4.78, 5) is 0. The Labute approximate surface area is 94.7 Å². The van der Waals surface area contributed by atoms with Gasteiger partial charge in [0.25, 0.3) is 0 Å². The molecule has 0 spiro atoms. The number of halogens is 2. The van der Waals surface area contributed by atoms with Gasteiger partial charge in [0.15, 0.2) is 0 Å². The van der Waals surface area contributed by atoms with E-state index in [2.05, 4.69) is 41.1 Å². The second kappa shape index (κ2) is 3.60. The van der Waals surface area contributed by atoms with Gasteiger partial charge in [-0.25, -0.2) is 0 Å². The van der Waals surface area contributed by atoms with E-state index in [0.717, 1.165) is 0 Å². The number of hydrogen-bond donors (Lipinski definition) is 0. The summed E-state index contributed by atoms with van der Waals surface area (Å²) >= 11 is 11.0. The maximum Gasteiger partial charge on any atom is 0.0711 e. The number of thiophene rings is 1. The van der Waals surface area contributed by atoms with Crippen molar-refractivity contribution in [1.82, 2.24) is 0 Å². The minimum Gasteiger partial charge on any atom is -0.128 e. The van der Waals surface area contributed by atoms with E-state index < -0.39 is 0 Å². The van der Waals surface area contributed by atoms with Crippen LogP contribution in [0.3, 0.4) is 0 Å². The lowest BCUT2D eigenvalue weighted by Crippen LogP contribution is -1.79. The molecule has 0 aliphatic rings. The number of fused-ring (bicyclic) bond motifs is 1. The third-order valence-electron chi connectivity index (χ3n) is 2.03. The van der Waals surface area contributed by atoms with Crippen LogP contribution >= 0.6 is 38.9 Å². The summed E-state index contributed by atoms with van der Waals surface area (Å²) in [5.74, 6) is 0.590. The van der Waals surface area contributed by atoms with E-state index in [1.165, 1.54) is 25.0 Å². The van der Waals surface area contributed by atoms with Gasteiger partial charge in [-0.1, -0.05) is 6.07 Å². The molecule has 0 nitrogen and oxygen atoms in total. The molecule has 3 heteroatoms. The number of benzene rings is 1. The molecular formula is C10H8BrClS. The van der Waals surface area contributed by atoms with Crippen LogP contribution in [0.5, 0.6) is 0 Å². The first-order chi connectivity index (χ1) is 6.20. The Morgan fingerprint density at radius 2 is 2.15 bits per heavy atom. The summed E-state index contributed by atoms with van der Waals surface area (Å²) in [6.45, 7) is 2.12. The lowest BCUT2D eigenvalue weighted by molar-refractivity contribution is 1.39. The molecule has 0 fully saturated rings. The normalized spacial score (nSPS) is 11.0. The molecule has 2 rings (SSSR count). The summed E-state index contributed by atoms with van der Waals surface area (Å²) in [7, 11) is 0. The average Bonchev–Trinajstić information content (AvgIpc) is 2.46. The largest absolute Gasteiger partial charge is 0.128 e. The van der Waals surface area contributed by atoms with Crippen LogP contribution in [0.1, 0.15) is 11.1 Å². The van der Waals surface area contributed by atoms with Crippen molar-refractivity contribution in [2.45, 2.75) is 12.8 Å². The third-order valence-corrected chi connectivity index (χ3v) is 3.92. The Balaban J connectivity index is 2.75.